The van der Waals surface area contributed by atoms with Gasteiger partial charge in [0.25, 0.3) is 5.91 Å². The van der Waals surface area contributed by atoms with Crippen molar-refractivity contribution in [3.63, 3.8) is 0 Å². The lowest BCUT2D eigenvalue weighted by Gasteiger charge is -2.20. The van der Waals surface area contributed by atoms with Crippen LogP contribution >= 0.6 is 22.9 Å². The summed E-state index contributed by atoms with van der Waals surface area (Å²) in [5.74, 6) is -0.191. The first-order valence-electron chi connectivity index (χ1n) is 8.87. The van der Waals surface area contributed by atoms with Crippen molar-refractivity contribution in [2.75, 3.05) is 6.54 Å². The zero-order valence-corrected chi connectivity index (χ0v) is 17.6. The Morgan fingerprint density at radius 1 is 1.14 bits per heavy atom. The van der Waals surface area contributed by atoms with Crippen LogP contribution < -0.4 is 0 Å². The number of fused-ring (bicyclic) bond motifs is 3. The van der Waals surface area contributed by atoms with Crippen LogP contribution in [-0.4, -0.2) is 25.8 Å². The van der Waals surface area contributed by atoms with Crippen molar-refractivity contribution in [3.05, 3.63) is 75.6 Å². The Kier molecular flexibility index (Phi) is 5.04. The highest BCUT2D eigenvalue weighted by Gasteiger charge is 2.31. The molecule has 4 nitrogen and oxygen atoms in total. The van der Waals surface area contributed by atoms with Gasteiger partial charge < -0.3 is 4.90 Å². The average Bonchev–Trinajstić information content (AvgIpc) is 3.09. The number of halogens is 1. The Morgan fingerprint density at radius 2 is 1.89 bits per heavy atom. The second-order valence-electron chi connectivity index (χ2n) is 6.67. The number of amides is 1. The zero-order chi connectivity index (χ0) is 19.9. The molecule has 0 fully saturated rings. The van der Waals surface area contributed by atoms with E-state index in [2.05, 4.69) is 0 Å². The molecule has 0 saturated carbocycles. The second kappa shape index (κ2) is 7.35. The van der Waals surface area contributed by atoms with Gasteiger partial charge in [-0.05, 0) is 36.2 Å². The number of rotatable bonds is 4. The summed E-state index contributed by atoms with van der Waals surface area (Å²) in [4.78, 5) is 16.5. The Bertz CT molecular complexity index is 1150. The summed E-state index contributed by atoms with van der Waals surface area (Å²) in [5, 5.41) is 0.388. The third-order valence-electron chi connectivity index (χ3n) is 4.77. The maximum absolute atomic E-state index is 13.1. The Hall–Kier alpha value is -2.15. The molecule has 2 heterocycles. The van der Waals surface area contributed by atoms with E-state index in [1.807, 2.05) is 37.3 Å². The fourth-order valence-electron chi connectivity index (χ4n) is 3.38. The van der Waals surface area contributed by atoms with E-state index in [0.29, 0.717) is 34.1 Å². The number of carbonyl (C=O) groups excluding carboxylic acids is 1. The monoisotopic (exact) mass is 431 g/mol. The van der Waals surface area contributed by atoms with Crippen molar-refractivity contribution in [3.8, 4) is 10.4 Å². The first-order valence-corrected chi connectivity index (χ1v) is 11.7. The largest absolute Gasteiger partial charge is 0.334 e. The summed E-state index contributed by atoms with van der Waals surface area (Å²) >= 11 is 7.35. The molecule has 1 amide bonds. The fourth-order valence-corrected chi connectivity index (χ4v) is 6.56. The van der Waals surface area contributed by atoms with Crippen molar-refractivity contribution in [1.29, 1.82) is 0 Å². The van der Waals surface area contributed by atoms with Gasteiger partial charge in [-0.25, -0.2) is 8.42 Å². The smallest absolute Gasteiger partial charge is 0.264 e. The summed E-state index contributed by atoms with van der Waals surface area (Å²) in [6.45, 7) is 3.03. The molecule has 0 unspecified atom stereocenters. The number of nitrogens with zero attached hydrogens (tertiary/aromatic N) is 1. The van der Waals surface area contributed by atoms with Gasteiger partial charge in [0.2, 0.25) is 0 Å². The lowest BCUT2D eigenvalue weighted by molar-refractivity contribution is 0.0757. The van der Waals surface area contributed by atoms with Crippen LogP contribution in [0.4, 0.5) is 0 Å². The molecule has 7 heteroatoms. The Morgan fingerprint density at radius 3 is 2.61 bits per heavy atom. The molecule has 0 spiro atoms. The SMILES string of the molecule is CCN(Cc1ccccc1)C(=O)c1cc2c(s1)-c1ccc(Cl)cc1S(=O)(=O)C2. The molecule has 1 aromatic heterocycles. The highest BCUT2D eigenvalue weighted by Crippen LogP contribution is 2.43. The quantitative estimate of drug-likeness (QED) is 0.582. The van der Waals surface area contributed by atoms with Crippen molar-refractivity contribution in [1.82, 2.24) is 4.90 Å². The zero-order valence-electron chi connectivity index (χ0n) is 15.2. The molecule has 1 aliphatic heterocycles. The minimum atomic E-state index is -3.47. The summed E-state index contributed by atoms with van der Waals surface area (Å²) < 4.78 is 25.3. The standard InChI is InChI=1S/C21H18ClNO3S2/c1-2-23(12-14-6-4-3-5-7-14)21(24)18-10-15-13-28(25,26)19-11-16(22)8-9-17(19)20(15)27-18/h3-11H,2,12-13H2,1H3. The molecule has 0 radical (unpaired) electrons. The molecule has 0 bridgehead atoms. The molecule has 0 aliphatic carbocycles. The van der Waals surface area contributed by atoms with Crippen molar-refractivity contribution >= 4 is 38.7 Å². The molecule has 144 valence electrons. The topological polar surface area (TPSA) is 54.5 Å². The molecule has 0 saturated heterocycles. The fraction of sp³-hybridized carbons (Fsp3) is 0.190. The highest BCUT2D eigenvalue weighted by atomic mass is 35.5. The predicted octanol–water partition coefficient (Wildman–Crippen LogP) is 5.02. The summed E-state index contributed by atoms with van der Waals surface area (Å²) in [5.41, 5.74) is 2.36. The normalized spacial score (nSPS) is 14.2. The van der Waals surface area contributed by atoms with Crippen LogP contribution in [0.2, 0.25) is 5.02 Å². The van der Waals surface area contributed by atoms with Crippen LogP contribution in [-0.2, 0) is 22.1 Å². The first kappa shape index (κ1) is 19.2. The van der Waals surface area contributed by atoms with Gasteiger partial charge in [0.15, 0.2) is 9.84 Å². The summed E-state index contributed by atoms with van der Waals surface area (Å²) in [6, 6.07) is 16.4. The Labute approximate surface area is 173 Å². The molecule has 4 rings (SSSR count). The number of hydrogen-bond acceptors (Lipinski definition) is 4. The Balaban J connectivity index is 1.70. The van der Waals surface area contributed by atoms with Gasteiger partial charge in [-0.15, -0.1) is 11.3 Å². The van der Waals surface area contributed by atoms with Gasteiger partial charge in [0.1, 0.15) is 0 Å². The lowest BCUT2D eigenvalue weighted by Crippen LogP contribution is -2.29. The number of hydrogen-bond donors (Lipinski definition) is 0. The van der Waals surface area contributed by atoms with Gasteiger partial charge in [-0.2, -0.15) is 0 Å². The molecular weight excluding hydrogens is 414 g/mol. The van der Waals surface area contributed by atoms with Crippen LogP contribution in [0.15, 0.2) is 59.5 Å². The second-order valence-corrected chi connectivity index (χ2v) is 10.1. The molecule has 1 aliphatic rings. The minimum absolute atomic E-state index is 0.0846. The molecule has 3 aromatic rings. The van der Waals surface area contributed by atoms with Crippen LogP contribution in [0.3, 0.4) is 0 Å². The van der Waals surface area contributed by atoms with E-state index in [-0.39, 0.29) is 16.6 Å². The van der Waals surface area contributed by atoms with E-state index in [1.54, 1.807) is 23.1 Å². The van der Waals surface area contributed by atoms with Crippen molar-refractivity contribution < 1.29 is 13.2 Å². The van der Waals surface area contributed by atoms with E-state index >= 15 is 0 Å². The molecule has 2 aromatic carbocycles. The maximum atomic E-state index is 13.1. The maximum Gasteiger partial charge on any atom is 0.264 e. The van der Waals surface area contributed by atoms with E-state index in [4.69, 9.17) is 11.6 Å². The average molecular weight is 432 g/mol. The first-order chi connectivity index (χ1) is 13.4. The van der Waals surface area contributed by atoms with Crippen LogP contribution in [0.25, 0.3) is 10.4 Å². The molecular formula is C21H18ClNO3S2. The molecule has 0 atom stereocenters. The van der Waals surface area contributed by atoms with E-state index in [1.165, 1.54) is 17.4 Å². The third kappa shape index (κ3) is 3.48. The van der Waals surface area contributed by atoms with E-state index in [9.17, 15) is 13.2 Å². The van der Waals surface area contributed by atoms with Crippen LogP contribution in [0.1, 0.15) is 27.7 Å². The number of benzene rings is 2. The van der Waals surface area contributed by atoms with Crippen molar-refractivity contribution in [2.24, 2.45) is 0 Å². The molecule has 0 N–H and O–H groups in total. The number of sulfone groups is 1. The van der Waals surface area contributed by atoms with Gasteiger partial charge in [-0.1, -0.05) is 48.0 Å². The van der Waals surface area contributed by atoms with Crippen LogP contribution in [0.5, 0.6) is 0 Å². The van der Waals surface area contributed by atoms with Gasteiger partial charge in [0, 0.05) is 28.6 Å². The highest BCUT2D eigenvalue weighted by molar-refractivity contribution is 7.91. The molecule has 28 heavy (non-hydrogen) atoms. The minimum Gasteiger partial charge on any atom is -0.334 e. The van der Waals surface area contributed by atoms with E-state index in [0.717, 1.165) is 10.4 Å². The van der Waals surface area contributed by atoms with Crippen molar-refractivity contribution in [2.45, 2.75) is 24.1 Å². The van der Waals surface area contributed by atoms with Gasteiger partial charge in [0.05, 0.1) is 15.5 Å². The van der Waals surface area contributed by atoms with E-state index < -0.39 is 9.84 Å². The summed E-state index contributed by atoms with van der Waals surface area (Å²) in [7, 11) is -3.47. The predicted molar refractivity (Wildman–Crippen MR) is 113 cm³/mol. The van der Waals surface area contributed by atoms with Crippen LogP contribution in [0, 0.1) is 0 Å². The number of carbonyl (C=O) groups is 1. The lowest BCUT2D eigenvalue weighted by atomic mass is 10.1. The van der Waals surface area contributed by atoms with Gasteiger partial charge >= 0.3 is 0 Å². The van der Waals surface area contributed by atoms with Gasteiger partial charge in [-0.3, -0.25) is 4.79 Å². The third-order valence-corrected chi connectivity index (χ3v) is 7.91. The summed E-state index contributed by atoms with van der Waals surface area (Å²) in [6.07, 6.45) is 0. The number of thiophene rings is 1.